The number of allylic oxidation sites excluding steroid dienone is 1. The van der Waals surface area contributed by atoms with Crippen LogP contribution in [0.5, 0.6) is 0 Å². The highest BCUT2D eigenvalue weighted by Crippen LogP contribution is 2.26. The van der Waals surface area contributed by atoms with Crippen molar-refractivity contribution in [3.05, 3.63) is 39.0 Å². The van der Waals surface area contributed by atoms with Gasteiger partial charge in [-0.2, -0.15) is 0 Å². The van der Waals surface area contributed by atoms with Crippen LogP contribution in [0.1, 0.15) is 0 Å². The molecule has 0 atom stereocenters. The predicted octanol–water partition coefficient (Wildman–Crippen LogP) is 1.16. The Balaban J connectivity index is 2.36. The first kappa shape index (κ1) is 9.29. The molecule has 1 N–H and O–H groups in total. The van der Waals surface area contributed by atoms with Crippen molar-refractivity contribution < 1.29 is 4.79 Å². The molecule has 0 fully saturated rings. The molecule has 0 spiro atoms. The lowest BCUT2D eigenvalue weighted by Gasteiger charge is -2.18. The minimum Gasteiger partial charge on any atom is -0.283 e. The first-order valence-corrected chi connectivity index (χ1v) is 4.70. The molecular formula is C8H6BrN3O2. The van der Waals surface area contributed by atoms with Gasteiger partial charge in [0.25, 0.3) is 0 Å². The van der Waals surface area contributed by atoms with Crippen LogP contribution in [0.25, 0.3) is 0 Å². The molecular weight excluding hydrogens is 250 g/mol. The highest BCUT2D eigenvalue weighted by Gasteiger charge is 2.22. The number of hydrogen-bond donors (Lipinski definition) is 1. The molecule has 0 radical (unpaired) electrons. The summed E-state index contributed by atoms with van der Waals surface area (Å²) in [5.41, 5.74) is 4.18. The van der Waals surface area contributed by atoms with E-state index in [1.807, 2.05) is 0 Å². The number of carbonyl (C=O) groups excluding carboxylic acids is 1. The zero-order valence-corrected chi connectivity index (χ0v) is 8.61. The Labute approximate surface area is 88.2 Å². The van der Waals surface area contributed by atoms with Gasteiger partial charge in [0, 0.05) is 28.0 Å². The van der Waals surface area contributed by atoms with Crippen molar-refractivity contribution in [2.45, 2.75) is 0 Å². The molecule has 0 aromatic rings. The molecule has 0 aliphatic carbocycles. The van der Waals surface area contributed by atoms with Gasteiger partial charge < -0.3 is 0 Å². The van der Waals surface area contributed by atoms with Crippen LogP contribution in [0.3, 0.4) is 0 Å². The SMILES string of the molecule is O=NC(=O)C1=CC2=C(Br)CNN2C=C1. The molecule has 5 nitrogen and oxygen atoms in total. The average Bonchev–Trinajstić information content (AvgIpc) is 2.59. The third-order valence-corrected chi connectivity index (χ3v) is 2.65. The van der Waals surface area contributed by atoms with E-state index in [0.29, 0.717) is 12.1 Å². The van der Waals surface area contributed by atoms with E-state index < -0.39 is 5.91 Å². The standard InChI is InChI=1S/C8H6BrN3O2/c9-6-4-10-12-2-1-5(3-7(6)12)8(13)11-14/h1-3,10H,4H2. The number of rotatable bonds is 1. The third-order valence-electron chi connectivity index (χ3n) is 1.97. The number of hydrazine groups is 1. The normalized spacial score (nSPS) is 19.5. The minimum absolute atomic E-state index is 0.298. The van der Waals surface area contributed by atoms with E-state index in [4.69, 9.17) is 0 Å². The van der Waals surface area contributed by atoms with Gasteiger partial charge in [-0.25, -0.2) is 5.43 Å². The number of halogens is 1. The van der Waals surface area contributed by atoms with Crippen molar-refractivity contribution in [2.75, 3.05) is 6.54 Å². The number of amides is 1. The fourth-order valence-corrected chi connectivity index (χ4v) is 1.71. The molecule has 6 heteroatoms. The number of hydrogen-bond acceptors (Lipinski definition) is 4. The van der Waals surface area contributed by atoms with Gasteiger partial charge in [-0.1, -0.05) is 15.9 Å². The van der Waals surface area contributed by atoms with Crippen LogP contribution >= 0.6 is 15.9 Å². The molecule has 0 saturated carbocycles. The molecule has 0 unspecified atom stereocenters. The van der Waals surface area contributed by atoms with Crippen molar-refractivity contribution >= 4 is 21.8 Å². The zero-order chi connectivity index (χ0) is 10.1. The van der Waals surface area contributed by atoms with Gasteiger partial charge >= 0.3 is 5.91 Å². The van der Waals surface area contributed by atoms with Crippen LogP contribution in [-0.4, -0.2) is 17.5 Å². The Kier molecular flexibility index (Phi) is 2.30. The first-order chi connectivity index (χ1) is 6.72. The van der Waals surface area contributed by atoms with E-state index in [2.05, 4.69) is 26.5 Å². The van der Waals surface area contributed by atoms with Crippen molar-refractivity contribution in [2.24, 2.45) is 5.18 Å². The zero-order valence-electron chi connectivity index (χ0n) is 7.03. The number of nitrogens with one attached hydrogen (secondary N) is 1. The minimum atomic E-state index is -0.749. The number of fused-ring (bicyclic) bond motifs is 1. The fourth-order valence-electron chi connectivity index (χ4n) is 1.28. The summed E-state index contributed by atoms with van der Waals surface area (Å²) >= 11 is 3.36. The number of nitroso groups, excluding NO2 is 1. The molecule has 2 aliphatic rings. The topological polar surface area (TPSA) is 61.8 Å². The van der Waals surface area contributed by atoms with E-state index in [1.54, 1.807) is 23.4 Å². The van der Waals surface area contributed by atoms with E-state index in [-0.39, 0.29) is 0 Å². The second-order valence-corrected chi connectivity index (χ2v) is 3.76. The summed E-state index contributed by atoms with van der Waals surface area (Å²) in [6, 6.07) is 0. The maximum Gasteiger partial charge on any atom is 0.316 e. The maximum atomic E-state index is 11.0. The lowest BCUT2D eigenvalue weighted by molar-refractivity contribution is -0.114. The quantitative estimate of drug-likeness (QED) is 0.715. The highest BCUT2D eigenvalue weighted by atomic mass is 79.9. The van der Waals surface area contributed by atoms with E-state index in [0.717, 1.165) is 10.2 Å². The van der Waals surface area contributed by atoms with Gasteiger partial charge in [0.2, 0.25) is 0 Å². The summed E-state index contributed by atoms with van der Waals surface area (Å²) in [5, 5.41) is 4.14. The second-order valence-electron chi connectivity index (χ2n) is 2.81. The van der Waals surface area contributed by atoms with E-state index >= 15 is 0 Å². The van der Waals surface area contributed by atoms with Gasteiger partial charge in [0.05, 0.1) is 5.70 Å². The fraction of sp³-hybridized carbons (Fsp3) is 0.125. The molecule has 2 aliphatic heterocycles. The molecule has 0 bridgehead atoms. The van der Waals surface area contributed by atoms with Gasteiger partial charge in [0.1, 0.15) is 0 Å². The largest absolute Gasteiger partial charge is 0.316 e. The van der Waals surface area contributed by atoms with Gasteiger partial charge in [-0.05, 0) is 12.2 Å². The molecule has 1 amide bonds. The van der Waals surface area contributed by atoms with Crippen LogP contribution < -0.4 is 5.43 Å². The highest BCUT2D eigenvalue weighted by molar-refractivity contribution is 9.11. The first-order valence-electron chi connectivity index (χ1n) is 3.91. The van der Waals surface area contributed by atoms with Gasteiger partial charge in [0.15, 0.2) is 0 Å². The predicted molar refractivity (Wildman–Crippen MR) is 53.8 cm³/mol. The summed E-state index contributed by atoms with van der Waals surface area (Å²) in [7, 11) is 0. The monoisotopic (exact) mass is 255 g/mol. The van der Waals surface area contributed by atoms with Crippen LogP contribution in [0.2, 0.25) is 0 Å². The summed E-state index contributed by atoms with van der Waals surface area (Å²) in [4.78, 5) is 21.0. The molecule has 2 heterocycles. The van der Waals surface area contributed by atoms with Crippen molar-refractivity contribution in [3.63, 3.8) is 0 Å². The van der Waals surface area contributed by atoms with Gasteiger partial charge in [-0.3, -0.25) is 9.80 Å². The van der Waals surface area contributed by atoms with Crippen molar-refractivity contribution in [1.29, 1.82) is 0 Å². The summed E-state index contributed by atoms with van der Waals surface area (Å²) in [5.74, 6) is -0.749. The summed E-state index contributed by atoms with van der Waals surface area (Å²) < 4.78 is 0.943. The second kappa shape index (κ2) is 3.47. The van der Waals surface area contributed by atoms with Crippen LogP contribution in [0, 0.1) is 4.91 Å². The molecule has 14 heavy (non-hydrogen) atoms. The van der Waals surface area contributed by atoms with Crippen molar-refractivity contribution in [3.8, 4) is 0 Å². The lowest BCUT2D eigenvalue weighted by atomic mass is 10.1. The molecule has 0 saturated heterocycles. The summed E-state index contributed by atoms with van der Waals surface area (Å²) in [6.45, 7) is 0.673. The lowest BCUT2D eigenvalue weighted by Crippen LogP contribution is -2.27. The molecule has 0 aromatic carbocycles. The van der Waals surface area contributed by atoms with Crippen LogP contribution in [-0.2, 0) is 4.79 Å². The Bertz CT molecular complexity index is 397. The Morgan fingerprint density at radius 3 is 3.14 bits per heavy atom. The molecule has 72 valence electrons. The smallest absolute Gasteiger partial charge is 0.283 e. The van der Waals surface area contributed by atoms with E-state index in [9.17, 15) is 9.70 Å². The van der Waals surface area contributed by atoms with E-state index in [1.165, 1.54) is 0 Å². The maximum absolute atomic E-state index is 11.0. The average molecular weight is 256 g/mol. The third kappa shape index (κ3) is 1.42. The number of nitrogens with zero attached hydrogens (tertiary/aromatic N) is 2. The molecule has 2 rings (SSSR count). The molecule has 0 aromatic heterocycles. The Morgan fingerprint density at radius 1 is 1.64 bits per heavy atom. The van der Waals surface area contributed by atoms with Crippen LogP contribution in [0.15, 0.2) is 39.3 Å². The van der Waals surface area contributed by atoms with Gasteiger partial charge in [-0.15, -0.1) is 4.91 Å². The Morgan fingerprint density at radius 2 is 2.43 bits per heavy atom. The number of carbonyl (C=O) groups is 1. The van der Waals surface area contributed by atoms with Crippen LogP contribution in [0.4, 0.5) is 0 Å². The summed E-state index contributed by atoms with van der Waals surface area (Å²) in [6.07, 6.45) is 4.85. The van der Waals surface area contributed by atoms with Crippen molar-refractivity contribution in [1.82, 2.24) is 10.4 Å². The Hall–Kier alpha value is -1.27.